The number of sulfonamides is 1. The van der Waals surface area contributed by atoms with Crippen molar-refractivity contribution < 1.29 is 8.42 Å². The molecule has 0 aliphatic carbocycles. The van der Waals surface area contributed by atoms with Crippen molar-refractivity contribution in [3.8, 4) is 0 Å². The molecule has 2 rings (SSSR count). The molecule has 1 aromatic carbocycles. The lowest BCUT2D eigenvalue weighted by atomic mass is 10.3. The molecule has 0 spiro atoms. The average molecular weight is 342 g/mol. The predicted molar refractivity (Wildman–Crippen MR) is 78.3 cm³/mol. The number of aryl methyl sites for hydroxylation is 1. The third-order valence-corrected chi connectivity index (χ3v) is 4.64. The lowest BCUT2D eigenvalue weighted by Crippen LogP contribution is -2.13. The van der Waals surface area contributed by atoms with Gasteiger partial charge < -0.3 is 5.73 Å². The molecule has 100 valence electrons. The van der Waals surface area contributed by atoms with Crippen molar-refractivity contribution >= 4 is 37.3 Å². The second kappa shape index (κ2) is 5.18. The summed E-state index contributed by atoms with van der Waals surface area (Å²) in [7, 11) is -3.65. The first-order chi connectivity index (χ1) is 8.88. The molecule has 0 atom stereocenters. The topological polar surface area (TPSA) is 85.1 Å². The van der Waals surface area contributed by atoms with E-state index in [0.717, 1.165) is 5.56 Å². The molecule has 7 heteroatoms. The monoisotopic (exact) mass is 341 g/mol. The largest absolute Gasteiger partial charge is 0.399 e. The van der Waals surface area contributed by atoms with Crippen molar-refractivity contribution in [1.82, 2.24) is 4.98 Å². The van der Waals surface area contributed by atoms with Crippen LogP contribution >= 0.6 is 15.9 Å². The first-order valence-corrected chi connectivity index (χ1v) is 7.66. The van der Waals surface area contributed by atoms with E-state index >= 15 is 0 Å². The van der Waals surface area contributed by atoms with E-state index < -0.39 is 10.0 Å². The highest BCUT2D eigenvalue weighted by molar-refractivity contribution is 9.10. The fourth-order valence-electron chi connectivity index (χ4n) is 1.51. The number of rotatable bonds is 3. The molecule has 1 aromatic heterocycles. The summed E-state index contributed by atoms with van der Waals surface area (Å²) in [5.74, 6) is 0. The summed E-state index contributed by atoms with van der Waals surface area (Å²) in [5.41, 5.74) is 7.22. The van der Waals surface area contributed by atoms with Gasteiger partial charge in [-0.25, -0.2) is 13.4 Å². The number of nitrogens with one attached hydrogen (secondary N) is 1. The van der Waals surface area contributed by atoms with Crippen molar-refractivity contribution in [1.29, 1.82) is 0 Å². The summed E-state index contributed by atoms with van der Waals surface area (Å²) >= 11 is 3.26. The zero-order valence-corrected chi connectivity index (χ0v) is 12.5. The predicted octanol–water partition coefficient (Wildman–Crippen LogP) is 2.54. The Balaban J connectivity index is 2.33. The van der Waals surface area contributed by atoms with E-state index in [9.17, 15) is 8.42 Å². The van der Waals surface area contributed by atoms with Gasteiger partial charge in [0.1, 0.15) is 4.60 Å². The number of benzene rings is 1. The highest BCUT2D eigenvalue weighted by atomic mass is 79.9. The molecule has 0 bridgehead atoms. The summed E-state index contributed by atoms with van der Waals surface area (Å²) in [6.07, 6.45) is 1.45. The van der Waals surface area contributed by atoms with Gasteiger partial charge in [0.25, 0.3) is 10.0 Å². The molecule has 0 unspecified atom stereocenters. The Labute approximate surface area is 120 Å². The quantitative estimate of drug-likeness (QED) is 0.663. The number of pyridine rings is 1. The molecule has 0 aliphatic heterocycles. The number of hydrogen-bond donors (Lipinski definition) is 2. The minimum atomic E-state index is -3.65. The van der Waals surface area contributed by atoms with Crippen LogP contribution in [0.2, 0.25) is 0 Å². The number of hydrogen-bond acceptors (Lipinski definition) is 4. The van der Waals surface area contributed by atoms with Gasteiger partial charge >= 0.3 is 0 Å². The maximum Gasteiger partial charge on any atom is 0.262 e. The summed E-state index contributed by atoms with van der Waals surface area (Å²) in [4.78, 5) is 4.16. The third-order valence-electron chi connectivity index (χ3n) is 2.43. The Morgan fingerprint density at radius 3 is 2.68 bits per heavy atom. The van der Waals surface area contributed by atoms with Gasteiger partial charge in [0.2, 0.25) is 0 Å². The van der Waals surface area contributed by atoms with Gasteiger partial charge in [-0.15, -0.1) is 0 Å². The molecular weight excluding hydrogens is 330 g/mol. The first-order valence-electron chi connectivity index (χ1n) is 5.39. The Kier molecular flexibility index (Phi) is 3.77. The second-order valence-corrected chi connectivity index (χ2v) is 6.44. The maximum atomic E-state index is 12.1. The van der Waals surface area contributed by atoms with Gasteiger partial charge in [0.15, 0.2) is 0 Å². The Morgan fingerprint density at radius 2 is 2.05 bits per heavy atom. The number of nitrogen functional groups attached to an aromatic ring is 1. The van der Waals surface area contributed by atoms with Gasteiger partial charge in [0, 0.05) is 5.69 Å². The molecule has 19 heavy (non-hydrogen) atoms. The molecule has 0 amide bonds. The van der Waals surface area contributed by atoms with Gasteiger partial charge in [-0.1, -0.05) is 6.07 Å². The molecule has 0 saturated heterocycles. The zero-order valence-electron chi connectivity index (χ0n) is 10.1. The minimum absolute atomic E-state index is 0.119. The van der Waals surface area contributed by atoms with Crippen molar-refractivity contribution in [2.24, 2.45) is 0 Å². The van der Waals surface area contributed by atoms with Crippen molar-refractivity contribution in [2.75, 3.05) is 10.5 Å². The van der Waals surface area contributed by atoms with Crippen LogP contribution in [0.15, 0.2) is 46.0 Å². The maximum absolute atomic E-state index is 12.1. The first kappa shape index (κ1) is 13.8. The van der Waals surface area contributed by atoms with Crippen molar-refractivity contribution in [2.45, 2.75) is 11.8 Å². The van der Waals surface area contributed by atoms with E-state index in [4.69, 9.17) is 5.73 Å². The van der Waals surface area contributed by atoms with Crippen LogP contribution in [0.4, 0.5) is 11.4 Å². The molecule has 0 aliphatic rings. The molecule has 0 saturated carbocycles. The number of aromatic nitrogens is 1. The highest BCUT2D eigenvalue weighted by Gasteiger charge is 2.14. The van der Waals surface area contributed by atoms with Gasteiger partial charge in [-0.2, -0.15) is 0 Å². The number of nitrogens with zero attached hydrogens (tertiary/aromatic N) is 1. The third kappa shape index (κ3) is 3.24. The average Bonchev–Trinajstić information content (AvgIpc) is 2.33. The van der Waals surface area contributed by atoms with Crippen LogP contribution in [-0.2, 0) is 10.0 Å². The van der Waals surface area contributed by atoms with E-state index in [-0.39, 0.29) is 4.90 Å². The summed E-state index contributed by atoms with van der Waals surface area (Å²) < 4.78 is 27.4. The van der Waals surface area contributed by atoms with Crippen molar-refractivity contribution in [3.05, 3.63) is 46.7 Å². The van der Waals surface area contributed by atoms with Crippen LogP contribution in [0.25, 0.3) is 0 Å². The van der Waals surface area contributed by atoms with E-state index in [1.807, 2.05) is 6.92 Å². The molecule has 1 heterocycles. The molecule has 3 N–H and O–H groups in total. The zero-order chi connectivity index (χ0) is 14.0. The summed E-state index contributed by atoms with van der Waals surface area (Å²) in [6, 6.07) is 7.81. The van der Waals surface area contributed by atoms with E-state index in [1.54, 1.807) is 18.2 Å². The lowest BCUT2D eigenvalue weighted by molar-refractivity contribution is 0.601. The Bertz CT molecular complexity index is 717. The molecule has 2 aromatic rings. The summed E-state index contributed by atoms with van der Waals surface area (Å²) in [6.45, 7) is 1.83. The molecule has 0 fully saturated rings. The van der Waals surface area contributed by atoms with E-state index in [2.05, 4.69) is 25.6 Å². The fourth-order valence-corrected chi connectivity index (χ4v) is 2.82. The normalized spacial score (nSPS) is 11.3. The van der Waals surface area contributed by atoms with Gasteiger partial charge in [-0.3, -0.25) is 4.72 Å². The van der Waals surface area contributed by atoms with Crippen LogP contribution in [0.3, 0.4) is 0 Å². The van der Waals surface area contributed by atoms with Crippen LogP contribution in [0, 0.1) is 6.92 Å². The molecule has 0 radical (unpaired) electrons. The number of nitrogens with two attached hydrogens (primary N) is 1. The highest BCUT2D eigenvalue weighted by Crippen LogP contribution is 2.20. The summed E-state index contributed by atoms with van der Waals surface area (Å²) in [5, 5.41) is 0. The number of anilines is 2. The molecular formula is C12H12BrN3O2S. The molecule has 5 nitrogen and oxygen atoms in total. The SMILES string of the molecule is Cc1cc(NS(=O)(=O)c2cccc(N)c2)cnc1Br. The smallest absolute Gasteiger partial charge is 0.262 e. The van der Waals surface area contributed by atoms with Crippen LogP contribution in [0.1, 0.15) is 5.56 Å². The lowest BCUT2D eigenvalue weighted by Gasteiger charge is -2.09. The van der Waals surface area contributed by atoms with Gasteiger partial charge in [-0.05, 0) is 52.7 Å². The second-order valence-electron chi connectivity index (χ2n) is 4.01. The van der Waals surface area contributed by atoms with E-state index in [0.29, 0.717) is 16.0 Å². The number of halogens is 1. The van der Waals surface area contributed by atoms with Crippen molar-refractivity contribution in [3.63, 3.8) is 0 Å². The Morgan fingerprint density at radius 1 is 1.32 bits per heavy atom. The van der Waals surface area contributed by atoms with Crippen LogP contribution in [0.5, 0.6) is 0 Å². The minimum Gasteiger partial charge on any atom is -0.399 e. The Hall–Kier alpha value is -1.60. The van der Waals surface area contributed by atoms with Crippen LogP contribution < -0.4 is 10.5 Å². The fraction of sp³-hybridized carbons (Fsp3) is 0.0833. The standard InChI is InChI=1S/C12H12BrN3O2S/c1-8-5-10(7-15-12(8)13)16-19(17,18)11-4-2-3-9(14)6-11/h2-7,16H,14H2,1H3. The van der Waals surface area contributed by atoms with Gasteiger partial charge in [0.05, 0.1) is 16.8 Å². The van der Waals surface area contributed by atoms with Crippen LogP contribution in [-0.4, -0.2) is 13.4 Å². The van der Waals surface area contributed by atoms with E-state index in [1.165, 1.54) is 18.3 Å².